The van der Waals surface area contributed by atoms with Gasteiger partial charge in [0.05, 0.1) is 6.26 Å². The summed E-state index contributed by atoms with van der Waals surface area (Å²) in [6, 6.07) is 2.28. The van der Waals surface area contributed by atoms with E-state index in [1.54, 1.807) is 18.3 Å². The van der Waals surface area contributed by atoms with Gasteiger partial charge in [-0.1, -0.05) is 0 Å². The lowest BCUT2D eigenvalue weighted by atomic mass is 9.98. The molecule has 0 aromatic carbocycles. The van der Waals surface area contributed by atoms with E-state index in [0.717, 1.165) is 11.1 Å². The Balaban J connectivity index is 1.98. The molecule has 6 heteroatoms. The van der Waals surface area contributed by atoms with Crippen molar-refractivity contribution in [2.24, 2.45) is 0 Å². The first-order valence-electron chi connectivity index (χ1n) is 7.02. The van der Waals surface area contributed by atoms with Crippen LogP contribution < -0.4 is 0 Å². The fraction of sp³-hybridized carbons (Fsp3) is 0.312. The normalized spacial score (nSPS) is 17.2. The quantitative estimate of drug-likeness (QED) is 0.918. The average Bonchev–Trinajstić information content (AvgIpc) is 2.96. The van der Waals surface area contributed by atoms with Gasteiger partial charge < -0.3 is 14.4 Å². The summed E-state index contributed by atoms with van der Waals surface area (Å²) in [6.45, 7) is 4.10. The van der Waals surface area contributed by atoms with E-state index in [-0.39, 0.29) is 11.6 Å². The maximum Gasteiger partial charge on any atom is 0.331 e. The molecule has 0 fully saturated rings. The summed E-state index contributed by atoms with van der Waals surface area (Å²) in [4.78, 5) is 29.8. The molecule has 3 rings (SSSR count). The predicted octanol–water partition coefficient (Wildman–Crippen LogP) is 2.12. The van der Waals surface area contributed by atoms with Crippen LogP contribution in [-0.4, -0.2) is 33.4 Å². The lowest BCUT2D eigenvalue weighted by Crippen LogP contribution is -2.43. The Labute approximate surface area is 127 Å². The Morgan fingerprint density at radius 1 is 1.36 bits per heavy atom. The number of amides is 1. The zero-order valence-corrected chi connectivity index (χ0v) is 12.4. The van der Waals surface area contributed by atoms with E-state index >= 15 is 0 Å². The third-order valence-electron chi connectivity index (χ3n) is 4.05. The van der Waals surface area contributed by atoms with Gasteiger partial charge in [-0.05, 0) is 37.1 Å². The Morgan fingerprint density at radius 3 is 2.82 bits per heavy atom. The van der Waals surface area contributed by atoms with Gasteiger partial charge in [0.2, 0.25) is 0 Å². The summed E-state index contributed by atoms with van der Waals surface area (Å²) >= 11 is 0. The van der Waals surface area contributed by atoms with Gasteiger partial charge in [-0.2, -0.15) is 0 Å². The average molecular weight is 300 g/mol. The summed E-state index contributed by atoms with van der Waals surface area (Å²) in [5.74, 6) is -0.814. The molecule has 0 bridgehead atoms. The smallest absolute Gasteiger partial charge is 0.331 e. The Kier molecular flexibility index (Phi) is 3.44. The Hall–Kier alpha value is -2.63. The van der Waals surface area contributed by atoms with Crippen LogP contribution in [0.15, 0.2) is 29.0 Å². The third kappa shape index (κ3) is 2.26. The number of rotatable bonds is 2. The van der Waals surface area contributed by atoms with E-state index in [2.05, 4.69) is 4.98 Å². The molecule has 1 unspecified atom stereocenters. The molecule has 0 spiro atoms. The fourth-order valence-corrected chi connectivity index (χ4v) is 2.69. The monoisotopic (exact) mass is 300 g/mol. The second-order valence-electron chi connectivity index (χ2n) is 5.44. The van der Waals surface area contributed by atoms with Crippen molar-refractivity contribution < 1.29 is 19.1 Å². The number of aromatic nitrogens is 1. The van der Waals surface area contributed by atoms with Gasteiger partial charge in [0.25, 0.3) is 5.91 Å². The number of aryl methyl sites for hydroxylation is 2. The number of carbonyl (C=O) groups excluding carboxylic acids is 1. The van der Waals surface area contributed by atoms with Crippen molar-refractivity contribution in [1.82, 2.24) is 9.88 Å². The van der Waals surface area contributed by atoms with E-state index in [4.69, 9.17) is 4.42 Å². The van der Waals surface area contributed by atoms with Gasteiger partial charge in [0.1, 0.15) is 11.5 Å². The van der Waals surface area contributed by atoms with E-state index in [9.17, 15) is 14.7 Å². The highest BCUT2D eigenvalue weighted by Crippen LogP contribution is 2.31. The van der Waals surface area contributed by atoms with E-state index in [1.807, 2.05) is 13.8 Å². The number of pyridine rings is 1. The summed E-state index contributed by atoms with van der Waals surface area (Å²) in [5.41, 5.74) is 2.74. The zero-order chi connectivity index (χ0) is 15.9. The molecule has 1 N–H and O–H groups in total. The second-order valence-corrected chi connectivity index (χ2v) is 5.44. The van der Waals surface area contributed by atoms with Crippen molar-refractivity contribution >= 4 is 11.9 Å². The molecular formula is C16H16N2O4. The zero-order valence-electron chi connectivity index (χ0n) is 12.4. The first-order valence-corrected chi connectivity index (χ1v) is 7.02. The molecule has 0 saturated heterocycles. The summed E-state index contributed by atoms with van der Waals surface area (Å²) in [6.07, 6.45) is 3.59. The minimum atomic E-state index is -1.07. The third-order valence-corrected chi connectivity index (χ3v) is 4.05. The molecule has 0 aliphatic carbocycles. The van der Waals surface area contributed by atoms with Crippen molar-refractivity contribution in [1.29, 1.82) is 0 Å². The van der Waals surface area contributed by atoms with Gasteiger partial charge in [0.15, 0.2) is 6.04 Å². The molecular weight excluding hydrogens is 284 g/mol. The van der Waals surface area contributed by atoms with Crippen molar-refractivity contribution in [2.45, 2.75) is 26.3 Å². The van der Waals surface area contributed by atoms with E-state index < -0.39 is 12.0 Å². The molecule has 0 radical (unpaired) electrons. The molecule has 6 nitrogen and oxygen atoms in total. The maximum absolute atomic E-state index is 12.7. The standard InChI is InChI=1S/C16H16N2O4/c1-9-7-12(17-8-10(9)2)15(19)18-5-3-13-11(4-6-22-13)14(18)16(20)21/h4,6-8,14H,3,5H2,1-2H3,(H,20,21). The van der Waals surface area contributed by atoms with Crippen LogP contribution in [0.25, 0.3) is 0 Å². The van der Waals surface area contributed by atoms with E-state index in [1.165, 1.54) is 11.2 Å². The number of carboxylic acids is 1. The predicted molar refractivity (Wildman–Crippen MR) is 77.5 cm³/mol. The van der Waals surface area contributed by atoms with Gasteiger partial charge in [-0.15, -0.1) is 0 Å². The molecule has 22 heavy (non-hydrogen) atoms. The van der Waals surface area contributed by atoms with Crippen LogP contribution >= 0.6 is 0 Å². The molecule has 2 aromatic heterocycles. The highest BCUT2D eigenvalue weighted by atomic mass is 16.4. The van der Waals surface area contributed by atoms with Crippen molar-refractivity contribution in [2.75, 3.05) is 6.54 Å². The maximum atomic E-state index is 12.7. The molecule has 1 aliphatic heterocycles. The van der Waals surface area contributed by atoms with Crippen molar-refractivity contribution in [3.8, 4) is 0 Å². The van der Waals surface area contributed by atoms with Gasteiger partial charge in [0, 0.05) is 24.7 Å². The molecule has 1 atom stereocenters. The number of carbonyl (C=O) groups is 2. The van der Waals surface area contributed by atoms with Crippen LogP contribution in [0, 0.1) is 13.8 Å². The topological polar surface area (TPSA) is 83.6 Å². The summed E-state index contributed by atoms with van der Waals surface area (Å²) in [7, 11) is 0. The number of furan rings is 1. The first-order chi connectivity index (χ1) is 10.5. The number of fused-ring (bicyclic) bond motifs is 1. The molecule has 1 amide bonds. The van der Waals surface area contributed by atoms with Crippen LogP contribution in [0.4, 0.5) is 0 Å². The van der Waals surface area contributed by atoms with Crippen LogP contribution in [0.3, 0.4) is 0 Å². The highest BCUT2D eigenvalue weighted by molar-refractivity contribution is 5.95. The minimum Gasteiger partial charge on any atom is -0.479 e. The van der Waals surface area contributed by atoms with Gasteiger partial charge >= 0.3 is 5.97 Å². The second kappa shape index (κ2) is 5.29. The van der Waals surface area contributed by atoms with Crippen LogP contribution in [0.5, 0.6) is 0 Å². The lowest BCUT2D eigenvalue weighted by molar-refractivity contribution is -0.143. The molecule has 2 aromatic rings. The van der Waals surface area contributed by atoms with Gasteiger partial charge in [-0.3, -0.25) is 9.78 Å². The fourth-order valence-electron chi connectivity index (χ4n) is 2.69. The number of hydrogen-bond donors (Lipinski definition) is 1. The number of hydrogen-bond acceptors (Lipinski definition) is 4. The van der Waals surface area contributed by atoms with Crippen molar-refractivity contribution in [3.05, 3.63) is 52.7 Å². The molecule has 0 saturated carbocycles. The molecule has 114 valence electrons. The first kappa shape index (κ1) is 14.3. The number of aliphatic carboxylic acids is 1. The number of nitrogens with zero attached hydrogens (tertiary/aromatic N) is 2. The molecule has 3 heterocycles. The Morgan fingerprint density at radius 2 is 2.14 bits per heavy atom. The van der Waals surface area contributed by atoms with Crippen LogP contribution in [0.1, 0.15) is 39.0 Å². The van der Waals surface area contributed by atoms with Crippen LogP contribution in [-0.2, 0) is 11.2 Å². The highest BCUT2D eigenvalue weighted by Gasteiger charge is 2.38. The number of carboxylic acid groups (broad SMARTS) is 1. The van der Waals surface area contributed by atoms with Crippen molar-refractivity contribution in [3.63, 3.8) is 0 Å². The van der Waals surface area contributed by atoms with Gasteiger partial charge in [-0.25, -0.2) is 4.79 Å². The SMILES string of the molecule is Cc1cnc(C(=O)N2CCc3occc3C2C(=O)O)cc1C. The van der Waals surface area contributed by atoms with Crippen LogP contribution in [0.2, 0.25) is 0 Å². The lowest BCUT2D eigenvalue weighted by Gasteiger charge is -2.32. The molecule has 1 aliphatic rings. The summed E-state index contributed by atoms with van der Waals surface area (Å²) < 4.78 is 5.29. The van der Waals surface area contributed by atoms with E-state index in [0.29, 0.717) is 24.3 Å². The Bertz CT molecular complexity index is 750. The minimum absolute atomic E-state index is 0.265. The summed E-state index contributed by atoms with van der Waals surface area (Å²) in [5, 5.41) is 9.51. The largest absolute Gasteiger partial charge is 0.479 e.